The predicted octanol–water partition coefficient (Wildman–Crippen LogP) is 2.74. The summed E-state index contributed by atoms with van der Waals surface area (Å²) in [4.78, 5) is 11.9. The van der Waals surface area contributed by atoms with Gasteiger partial charge < -0.3 is 10.1 Å². The van der Waals surface area contributed by atoms with E-state index in [4.69, 9.17) is 4.74 Å². The van der Waals surface area contributed by atoms with Crippen LogP contribution >= 0.6 is 0 Å². The lowest BCUT2D eigenvalue weighted by atomic mass is 10.2. The Bertz CT molecular complexity index is 940. The molecular formula is C18H19FN2O4S. The van der Waals surface area contributed by atoms with Crippen LogP contribution in [-0.4, -0.2) is 39.8 Å². The first-order valence-corrected chi connectivity index (χ1v) is 9.04. The molecule has 0 aliphatic carbocycles. The molecule has 26 heavy (non-hydrogen) atoms. The van der Waals surface area contributed by atoms with E-state index in [1.807, 2.05) is 0 Å². The molecule has 138 valence electrons. The highest BCUT2D eigenvalue weighted by molar-refractivity contribution is 7.89. The van der Waals surface area contributed by atoms with Crippen molar-refractivity contribution in [2.75, 3.05) is 26.5 Å². The SMILES string of the molecule is COc1ccc(/C=C/C(=O)Nc2ccccc2F)cc1S(=O)(=O)N(C)C. The maximum absolute atomic E-state index is 13.5. The van der Waals surface area contributed by atoms with Crippen molar-refractivity contribution in [3.8, 4) is 5.75 Å². The fourth-order valence-corrected chi connectivity index (χ4v) is 3.19. The summed E-state index contributed by atoms with van der Waals surface area (Å²) in [6, 6.07) is 10.3. The predicted molar refractivity (Wildman–Crippen MR) is 97.9 cm³/mol. The zero-order valence-corrected chi connectivity index (χ0v) is 15.4. The molecule has 0 radical (unpaired) electrons. The number of benzene rings is 2. The third-order valence-electron chi connectivity index (χ3n) is 3.51. The highest BCUT2D eigenvalue weighted by atomic mass is 32.2. The number of carbonyl (C=O) groups is 1. The van der Waals surface area contributed by atoms with Crippen molar-refractivity contribution in [3.05, 3.63) is 59.9 Å². The smallest absolute Gasteiger partial charge is 0.248 e. The van der Waals surface area contributed by atoms with Gasteiger partial charge in [-0.1, -0.05) is 18.2 Å². The van der Waals surface area contributed by atoms with Gasteiger partial charge in [0, 0.05) is 20.2 Å². The summed E-state index contributed by atoms with van der Waals surface area (Å²) < 4.78 is 44.5. The molecule has 0 aromatic heterocycles. The van der Waals surface area contributed by atoms with E-state index in [2.05, 4.69) is 5.32 Å². The van der Waals surface area contributed by atoms with Gasteiger partial charge in [-0.25, -0.2) is 17.1 Å². The van der Waals surface area contributed by atoms with Crippen molar-refractivity contribution < 1.29 is 22.3 Å². The van der Waals surface area contributed by atoms with Crippen LogP contribution < -0.4 is 10.1 Å². The number of halogens is 1. The Labute approximate surface area is 151 Å². The summed E-state index contributed by atoms with van der Waals surface area (Å²) in [6.45, 7) is 0. The molecule has 2 rings (SSSR count). The normalized spacial score (nSPS) is 11.7. The molecule has 1 amide bonds. The van der Waals surface area contributed by atoms with E-state index in [1.54, 1.807) is 12.1 Å². The largest absolute Gasteiger partial charge is 0.495 e. The number of hydrogen-bond acceptors (Lipinski definition) is 4. The Morgan fingerprint density at radius 3 is 2.50 bits per heavy atom. The minimum absolute atomic E-state index is 0.0124. The quantitative estimate of drug-likeness (QED) is 0.785. The van der Waals surface area contributed by atoms with E-state index in [1.165, 1.54) is 63.7 Å². The number of nitrogens with zero attached hydrogens (tertiary/aromatic N) is 1. The number of carbonyl (C=O) groups excluding carboxylic acids is 1. The zero-order chi connectivity index (χ0) is 19.3. The lowest BCUT2D eigenvalue weighted by Crippen LogP contribution is -2.22. The van der Waals surface area contributed by atoms with Crippen LogP contribution in [0.5, 0.6) is 5.75 Å². The molecule has 1 N–H and O–H groups in total. The van der Waals surface area contributed by atoms with Gasteiger partial charge in [0.05, 0.1) is 12.8 Å². The van der Waals surface area contributed by atoms with E-state index in [0.29, 0.717) is 5.56 Å². The number of hydrogen-bond donors (Lipinski definition) is 1. The first-order chi connectivity index (χ1) is 12.3. The molecule has 0 saturated carbocycles. The van der Waals surface area contributed by atoms with E-state index in [-0.39, 0.29) is 16.3 Å². The van der Waals surface area contributed by atoms with Crippen LogP contribution in [0.15, 0.2) is 53.4 Å². The molecule has 2 aromatic carbocycles. The molecule has 8 heteroatoms. The number of methoxy groups -OCH3 is 1. The van der Waals surface area contributed by atoms with Crippen LogP contribution in [0.1, 0.15) is 5.56 Å². The highest BCUT2D eigenvalue weighted by Gasteiger charge is 2.22. The van der Waals surface area contributed by atoms with Crippen LogP contribution in [0.4, 0.5) is 10.1 Å². The van der Waals surface area contributed by atoms with Crippen LogP contribution in [0.25, 0.3) is 6.08 Å². The van der Waals surface area contributed by atoms with Gasteiger partial charge in [0.1, 0.15) is 16.5 Å². The first kappa shape index (κ1) is 19.6. The van der Waals surface area contributed by atoms with E-state index < -0.39 is 21.7 Å². The number of anilines is 1. The molecule has 0 atom stereocenters. The average Bonchev–Trinajstić information content (AvgIpc) is 2.61. The van der Waals surface area contributed by atoms with Crippen molar-refractivity contribution in [2.45, 2.75) is 4.90 Å². The lowest BCUT2D eigenvalue weighted by Gasteiger charge is -2.15. The first-order valence-electron chi connectivity index (χ1n) is 7.60. The molecule has 2 aromatic rings. The molecule has 0 aliphatic rings. The number of ether oxygens (including phenoxy) is 1. The van der Waals surface area contributed by atoms with Crippen molar-refractivity contribution in [1.82, 2.24) is 4.31 Å². The molecule has 0 saturated heterocycles. The fourth-order valence-electron chi connectivity index (χ4n) is 2.10. The summed E-state index contributed by atoms with van der Waals surface area (Å²) in [5.74, 6) is -0.882. The average molecular weight is 378 g/mol. The Morgan fingerprint density at radius 1 is 1.19 bits per heavy atom. The Hall–Kier alpha value is -2.71. The summed E-state index contributed by atoms with van der Waals surface area (Å²) >= 11 is 0. The van der Waals surface area contributed by atoms with Gasteiger partial charge in [-0.3, -0.25) is 4.79 Å². The van der Waals surface area contributed by atoms with Crippen molar-refractivity contribution in [2.24, 2.45) is 0 Å². The molecule has 0 unspecified atom stereocenters. The third kappa shape index (κ3) is 4.47. The Kier molecular flexibility index (Phi) is 6.12. The minimum Gasteiger partial charge on any atom is -0.495 e. The summed E-state index contributed by atoms with van der Waals surface area (Å²) in [6.07, 6.45) is 2.63. The molecule has 0 heterocycles. The summed E-state index contributed by atoms with van der Waals surface area (Å²) in [5, 5.41) is 2.41. The van der Waals surface area contributed by atoms with Gasteiger partial charge in [-0.15, -0.1) is 0 Å². The van der Waals surface area contributed by atoms with Crippen LogP contribution in [0.3, 0.4) is 0 Å². The maximum Gasteiger partial charge on any atom is 0.248 e. The second-order valence-electron chi connectivity index (χ2n) is 5.50. The van der Waals surface area contributed by atoms with Gasteiger partial charge in [0.15, 0.2) is 0 Å². The molecule has 0 aliphatic heterocycles. The molecule has 0 bridgehead atoms. The monoisotopic (exact) mass is 378 g/mol. The Morgan fingerprint density at radius 2 is 1.88 bits per heavy atom. The summed E-state index contributed by atoms with van der Waals surface area (Å²) in [7, 11) is 0.497. The molecular weight excluding hydrogens is 359 g/mol. The second kappa shape index (κ2) is 8.11. The topological polar surface area (TPSA) is 75.7 Å². The number of amides is 1. The molecule has 6 nitrogen and oxygen atoms in total. The van der Waals surface area contributed by atoms with E-state index in [9.17, 15) is 17.6 Å². The minimum atomic E-state index is -3.71. The van der Waals surface area contributed by atoms with Crippen LogP contribution in [0.2, 0.25) is 0 Å². The number of rotatable bonds is 6. The summed E-state index contributed by atoms with van der Waals surface area (Å²) in [5.41, 5.74) is 0.544. The third-order valence-corrected chi connectivity index (χ3v) is 5.34. The van der Waals surface area contributed by atoms with Crippen molar-refractivity contribution >= 4 is 27.7 Å². The maximum atomic E-state index is 13.5. The van der Waals surface area contributed by atoms with Gasteiger partial charge in [-0.05, 0) is 35.9 Å². The number of para-hydroxylation sites is 1. The van der Waals surface area contributed by atoms with E-state index in [0.717, 1.165) is 4.31 Å². The van der Waals surface area contributed by atoms with E-state index >= 15 is 0 Å². The van der Waals surface area contributed by atoms with Crippen LogP contribution in [-0.2, 0) is 14.8 Å². The standard InChI is InChI=1S/C18H19FN2O4S/c1-21(2)26(23,24)17-12-13(8-10-16(17)25-3)9-11-18(22)20-15-7-5-4-6-14(15)19/h4-12H,1-3H3,(H,20,22)/b11-9+. The van der Waals surface area contributed by atoms with Crippen molar-refractivity contribution in [3.63, 3.8) is 0 Å². The van der Waals surface area contributed by atoms with Gasteiger partial charge >= 0.3 is 0 Å². The van der Waals surface area contributed by atoms with Crippen molar-refractivity contribution in [1.29, 1.82) is 0 Å². The van der Waals surface area contributed by atoms with Crippen LogP contribution in [0, 0.1) is 5.82 Å². The molecule has 0 spiro atoms. The fraction of sp³-hybridized carbons (Fsp3) is 0.167. The zero-order valence-electron chi connectivity index (χ0n) is 14.6. The van der Waals surface area contributed by atoms with Gasteiger partial charge in [0.2, 0.25) is 15.9 Å². The highest BCUT2D eigenvalue weighted by Crippen LogP contribution is 2.27. The van der Waals surface area contributed by atoms with Gasteiger partial charge in [-0.2, -0.15) is 0 Å². The molecule has 0 fully saturated rings. The number of nitrogens with one attached hydrogen (secondary N) is 1. The second-order valence-corrected chi connectivity index (χ2v) is 7.62. The lowest BCUT2D eigenvalue weighted by molar-refractivity contribution is -0.111. The number of sulfonamides is 1. The van der Waals surface area contributed by atoms with Gasteiger partial charge in [0.25, 0.3) is 0 Å². The Balaban J connectivity index is 2.25.